The van der Waals surface area contributed by atoms with Gasteiger partial charge in [-0.15, -0.1) is 0 Å². The molecule has 1 atom stereocenters. The Hall–Kier alpha value is -1.31. The van der Waals surface area contributed by atoms with Gasteiger partial charge in [0.15, 0.2) is 0 Å². The summed E-state index contributed by atoms with van der Waals surface area (Å²) in [5.41, 5.74) is 2.88. The maximum atomic E-state index is 10.3. The van der Waals surface area contributed by atoms with Crippen molar-refractivity contribution in [3.05, 3.63) is 70.2 Å². The zero-order valence-electron chi connectivity index (χ0n) is 10.6. The van der Waals surface area contributed by atoms with Gasteiger partial charge in [0.1, 0.15) is 6.10 Å². The number of benzene rings is 2. The van der Waals surface area contributed by atoms with Crippen molar-refractivity contribution in [3.8, 4) is 0 Å². The summed E-state index contributed by atoms with van der Waals surface area (Å²) >= 11 is 6.09. The van der Waals surface area contributed by atoms with Crippen LogP contribution in [0, 0.1) is 0 Å². The normalized spacial score (nSPS) is 12.7. The second-order valence-electron chi connectivity index (χ2n) is 4.75. The second-order valence-corrected chi connectivity index (χ2v) is 5.15. The molecule has 0 radical (unpaired) electrons. The van der Waals surface area contributed by atoms with Gasteiger partial charge in [-0.05, 0) is 23.1 Å². The summed E-state index contributed by atoms with van der Waals surface area (Å²) in [5, 5.41) is 10.9. The topological polar surface area (TPSA) is 20.2 Å². The zero-order valence-corrected chi connectivity index (χ0v) is 11.4. The lowest BCUT2D eigenvalue weighted by atomic mass is 9.97. The first-order chi connectivity index (χ1) is 8.59. The first kappa shape index (κ1) is 13.1. The third-order valence-electron chi connectivity index (χ3n) is 3.12. The van der Waals surface area contributed by atoms with Crippen molar-refractivity contribution in [2.24, 2.45) is 0 Å². The third kappa shape index (κ3) is 2.74. The van der Waals surface area contributed by atoms with Crippen LogP contribution in [-0.4, -0.2) is 5.11 Å². The van der Waals surface area contributed by atoms with Crippen molar-refractivity contribution in [1.82, 2.24) is 0 Å². The summed E-state index contributed by atoms with van der Waals surface area (Å²) < 4.78 is 0. The Bertz CT molecular complexity index is 517. The molecule has 0 fully saturated rings. The number of aliphatic hydroxyl groups excluding tert-OH is 1. The van der Waals surface area contributed by atoms with Crippen molar-refractivity contribution in [2.75, 3.05) is 0 Å². The predicted octanol–water partition coefficient (Wildman–Crippen LogP) is 4.55. The molecule has 2 aromatic carbocycles. The van der Waals surface area contributed by atoms with Crippen LogP contribution in [0.4, 0.5) is 0 Å². The van der Waals surface area contributed by atoms with E-state index in [1.54, 1.807) is 6.07 Å². The summed E-state index contributed by atoms with van der Waals surface area (Å²) in [4.78, 5) is 0. The van der Waals surface area contributed by atoms with Crippen LogP contribution in [0.5, 0.6) is 0 Å². The summed E-state index contributed by atoms with van der Waals surface area (Å²) in [5.74, 6) is 0.497. The van der Waals surface area contributed by atoms with Crippen molar-refractivity contribution >= 4 is 11.6 Å². The highest BCUT2D eigenvalue weighted by atomic mass is 35.5. The third-order valence-corrected chi connectivity index (χ3v) is 3.46. The van der Waals surface area contributed by atoms with Gasteiger partial charge in [0.2, 0.25) is 0 Å². The van der Waals surface area contributed by atoms with Crippen LogP contribution in [0.1, 0.15) is 42.6 Å². The average molecular weight is 261 g/mol. The Labute approximate surface area is 113 Å². The predicted molar refractivity (Wildman–Crippen MR) is 76.0 cm³/mol. The molecule has 0 aliphatic carbocycles. The summed E-state index contributed by atoms with van der Waals surface area (Å²) in [6.45, 7) is 4.30. The molecule has 18 heavy (non-hydrogen) atoms. The van der Waals surface area contributed by atoms with E-state index in [1.165, 1.54) is 5.56 Å². The molecular weight excluding hydrogens is 244 g/mol. The molecule has 0 saturated carbocycles. The van der Waals surface area contributed by atoms with Gasteiger partial charge < -0.3 is 5.11 Å². The van der Waals surface area contributed by atoms with Crippen molar-refractivity contribution in [2.45, 2.75) is 25.9 Å². The monoisotopic (exact) mass is 260 g/mol. The highest BCUT2D eigenvalue weighted by Gasteiger charge is 2.13. The van der Waals surface area contributed by atoms with Crippen LogP contribution in [0.15, 0.2) is 48.5 Å². The summed E-state index contributed by atoms with van der Waals surface area (Å²) in [7, 11) is 0. The minimum Gasteiger partial charge on any atom is -0.384 e. The number of hydrogen-bond donors (Lipinski definition) is 1. The number of halogens is 1. The van der Waals surface area contributed by atoms with E-state index < -0.39 is 6.10 Å². The minimum atomic E-state index is -0.667. The lowest BCUT2D eigenvalue weighted by Crippen LogP contribution is -2.00. The van der Waals surface area contributed by atoms with Gasteiger partial charge in [-0.2, -0.15) is 0 Å². The summed E-state index contributed by atoms with van der Waals surface area (Å²) in [6.07, 6.45) is -0.667. The van der Waals surface area contributed by atoms with Crippen LogP contribution in [0.3, 0.4) is 0 Å². The van der Waals surface area contributed by atoms with Crippen LogP contribution >= 0.6 is 11.6 Å². The number of aliphatic hydroxyl groups is 1. The fraction of sp³-hybridized carbons (Fsp3) is 0.250. The van der Waals surface area contributed by atoms with E-state index >= 15 is 0 Å². The molecule has 0 bridgehead atoms. The molecule has 0 saturated heterocycles. The van der Waals surface area contributed by atoms with Gasteiger partial charge in [0, 0.05) is 10.6 Å². The molecule has 94 valence electrons. The molecule has 0 aromatic heterocycles. The van der Waals surface area contributed by atoms with E-state index in [1.807, 2.05) is 30.3 Å². The Morgan fingerprint density at radius 2 is 1.44 bits per heavy atom. The van der Waals surface area contributed by atoms with Gasteiger partial charge in [-0.1, -0.05) is 67.9 Å². The maximum Gasteiger partial charge on any atom is 0.105 e. The smallest absolute Gasteiger partial charge is 0.105 e. The molecule has 0 amide bonds. The Kier molecular flexibility index (Phi) is 4.05. The van der Waals surface area contributed by atoms with E-state index in [0.717, 1.165) is 11.1 Å². The lowest BCUT2D eigenvalue weighted by molar-refractivity contribution is 0.220. The van der Waals surface area contributed by atoms with Crippen LogP contribution in [0.25, 0.3) is 0 Å². The SMILES string of the molecule is CC(C)c1ccc([C@@H](O)c2ccccc2Cl)cc1. The lowest BCUT2D eigenvalue weighted by Gasteiger charge is -2.14. The van der Waals surface area contributed by atoms with Crippen molar-refractivity contribution < 1.29 is 5.11 Å². The maximum absolute atomic E-state index is 10.3. The van der Waals surface area contributed by atoms with Crippen LogP contribution in [-0.2, 0) is 0 Å². The quantitative estimate of drug-likeness (QED) is 0.859. The zero-order chi connectivity index (χ0) is 13.1. The molecule has 0 unspecified atom stereocenters. The second kappa shape index (κ2) is 5.55. The number of hydrogen-bond acceptors (Lipinski definition) is 1. The van der Waals surface area contributed by atoms with Gasteiger partial charge >= 0.3 is 0 Å². The molecule has 2 heteroatoms. The van der Waals surface area contributed by atoms with Gasteiger partial charge in [-0.25, -0.2) is 0 Å². The van der Waals surface area contributed by atoms with E-state index in [2.05, 4.69) is 26.0 Å². The standard InChI is InChI=1S/C16H17ClO/c1-11(2)12-7-9-13(10-8-12)16(18)14-5-3-4-6-15(14)17/h3-11,16,18H,1-2H3/t16-/m1/s1. The van der Waals surface area contributed by atoms with Crippen molar-refractivity contribution in [3.63, 3.8) is 0 Å². The average Bonchev–Trinajstić information content (AvgIpc) is 2.38. The molecule has 0 aliphatic heterocycles. The Morgan fingerprint density at radius 1 is 0.889 bits per heavy atom. The first-order valence-corrected chi connectivity index (χ1v) is 6.49. The van der Waals surface area contributed by atoms with E-state index in [4.69, 9.17) is 11.6 Å². The largest absolute Gasteiger partial charge is 0.384 e. The molecule has 2 rings (SSSR count). The molecule has 1 nitrogen and oxygen atoms in total. The van der Waals surface area contributed by atoms with Gasteiger partial charge in [0.05, 0.1) is 0 Å². The first-order valence-electron chi connectivity index (χ1n) is 6.12. The fourth-order valence-corrected chi connectivity index (χ4v) is 2.18. The highest BCUT2D eigenvalue weighted by molar-refractivity contribution is 6.31. The molecule has 2 aromatic rings. The molecular formula is C16H17ClO. The van der Waals surface area contributed by atoms with E-state index in [-0.39, 0.29) is 0 Å². The fourth-order valence-electron chi connectivity index (χ4n) is 1.94. The highest BCUT2D eigenvalue weighted by Crippen LogP contribution is 2.28. The molecule has 0 spiro atoms. The van der Waals surface area contributed by atoms with E-state index in [0.29, 0.717) is 10.9 Å². The molecule has 0 aliphatic rings. The van der Waals surface area contributed by atoms with Gasteiger partial charge in [0.25, 0.3) is 0 Å². The summed E-state index contributed by atoms with van der Waals surface area (Å²) in [6, 6.07) is 15.4. The Balaban J connectivity index is 2.29. The van der Waals surface area contributed by atoms with E-state index in [9.17, 15) is 5.11 Å². The minimum absolute atomic E-state index is 0.497. The van der Waals surface area contributed by atoms with Crippen LogP contribution in [0.2, 0.25) is 5.02 Å². The molecule has 1 N–H and O–H groups in total. The van der Waals surface area contributed by atoms with Crippen LogP contribution < -0.4 is 0 Å². The van der Waals surface area contributed by atoms with Gasteiger partial charge in [-0.3, -0.25) is 0 Å². The Morgan fingerprint density at radius 3 is 2.00 bits per heavy atom. The molecule has 0 heterocycles. The van der Waals surface area contributed by atoms with Crippen molar-refractivity contribution in [1.29, 1.82) is 0 Å². The number of rotatable bonds is 3.